The average Bonchev–Trinajstić information content (AvgIpc) is 3.25. The Bertz CT molecular complexity index is 1310. The van der Waals surface area contributed by atoms with Crippen molar-refractivity contribution < 1.29 is 9.53 Å². The SMILES string of the molecule is Cc1ccc(C(=O)Cc2cccc(C(C)(C)C#N)c2)cc1Oc1ncnc2[nH]ccc12. The van der Waals surface area contributed by atoms with Crippen LogP contribution in [0, 0.1) is 18.3 Å². The molecule has 0 saturated heterocycles. The van der Waals surface area contributed by atoms with E-state index < -0.39 is 5.41 Å². The molecule has 2 aromatic heterocycles. The second-order valence-corrected chi connectivity index (χ2v) is 8.04. The molecule has 0 bridgehead atoms. The van der Waals surface area contributed by atoms with E-state index in [0.717, 1.165) is 22.1 Å². The first-order chi connectivity index (χ1) is 14.9. The van der Waals surface area contributed by atoms with Gasteiger partial charge in [-0.05, 0) is 49.6 Å². The Morgan fingerprint density at radius 3 is 2.81 bits per heavy atom. The molecule has 2 aromatic carbocycles. The fraction of sp³-hybridized carbons (Fsp3) is 0.200. The van der Waals surface area contributed by atoms with Crippen molar-refractivity contribution >= 4 is 16.8 Å². The summed E-state index contributed by atoms with van der Waals surface area (Å²) in [5.74, 6) is 0.989. The number of hydrogen-bond donors (Lipinski definition) is 1. The molecule has 0 radical (unpaired) electrons. The molecule has 154 valence electrons. The number of H-pyrrole nitrogens is 1. The summed E-state index contributed by atoms with van der Waals surface area (Å²) < 4.78 is 6.04. The van der Waals surface area contributed by atoms with Crippen molar-refractivity contribution in [1.82, 2.24) is 15.0 Å². The van der Waals surface area contributed by atoms with E-state index in [1.165, 1.54) is 6.33 Å². The van der Waals surface area contributed by atoms with E-state index in [1.807, 2.05) is 57.2 Å². The van der Waals surface area contributed by atoms with Gasteiger partial charge in [-0.25, -0.2) is 9.97 Å². The predicted octanol–water partition coefficient (Wildman–Crippen LogP) is 5.29. The molecule has 0 unspecified atom stereocenters. The number of rotatable bonds is 6. The van der Waals surface area contributed by atoms with Crippen molar-refractivity contribution in [3.05, 3.63) is 83.3 Å². The van der Waals surface area contributed by atoms with Gasteiger partial charge in [-0.1, -0.05) is 36.4 Å². The van der Waals surface area contributed by atoms with E-state index >= 15 is 0 Å². The molecule has 0 aliphatic carbocycles. The lowest BCUT2D eigenvalue weighted by Gasteiger charge is -2.16. The fourth-order valence-electron chi connectivity index (χ4n) is 3.34. The van der Waals surface area contributed by atoms with Crippen LogP contribution in [0.15, 0.2) is 61.1 Å². The zero-order valence-corrected chi connectivity index (χ0v) is 17.6. The zero-order valence-electron chi connectivity index (χ0n) is 17.6. The van der Waals surface area contributed by atoms with Crippen LogP contribution >= 0.6 is 0 Å². The lowest BCUT2D eigenvalue weighted by atomic mass is 9.85. The van der Waals surface area contributed by atoms with Crippen molar-refractivity contribution in [2.75, 3.05) is 0 Å². The number of hydrogen-bond acceptors (Lipinski definition) is 5. The molecule has 0 saturated carbocycles. The van der Waals surface area contributed by atoms with Crippen molar-refractivity contribution in [3.63, 3.8) is 0 Å². The molecular formula is C25H22N4O2. The number of nitriles is 1. The second-order valence-electron chi connectivity index (χ2n) is 8.04. The van der Waals surface area contributed by atoms with E-state index in [1.54, 1.807) is 18.3 Å². The molecular weight excluding hydrogens is 388 g/mol. The Hall–Kier alpha value is -3.98. The van der Waals surface area contributed by atoms with Crippen LogP contribution in [0.25, 0.3) is 11.0 Å². The number of benzene rings is 2. The molecule has 6 nitrogen and oxygen atoms in total. The van der Waals surface area contributed by atoms with Crippen LogP contribution in [0.4, 0.5) is 0 Å². The summed E-state index contributed by atoms with van der Waals surface area (Å²) in [6.45, 7) is 5.66. The molecule has 0 aliphatic rings. The van der Waals surface area contributed by atoms with Gasteiger partial charge in [0, 0.05) is 18.2 Å². The maximum absolute atomic E-state index is 13.0. The highest BCUT2D eigenvalue weighted by Gasteiger charge is 2.20. The highest BCUT2D eigenvalue weighted by Crippen LogP contribution is 2.30. The van der Waals surface area contributed by atoms with Crippen LogP contribution in [0.5, 0.6) is 11.6 Å². The Morgan fingerprint density at radius 2 is 2.00 bits per heavy atom. The van der Waals surface area contributed by atoms with E-state index in [0.29, 0.717) is 22.8 Å². The summed E-state index contributed by atoms with van der Waals surface area (Å²) in [4.78, 5) is 24.4. The van der Waals surface area contributed by atoms with E-state index in [9.17, 15) is 10.1 Å². The van der Waals surface area contributed by atoms with Gasteiger partial charge in [0.05, 0.1) is 16.9 Å². The third-order valence-electron chi connectivity index (χ3n) is 5.33. The lowest BCUT2D eigenvalue weighted by Crippen LogP contribution is -2.14. The van der Waals surface area contributed by atoms with Crippen molar-refractivity contribution in [2.24, 2.45) is 0 Å². The number of aryl methyl sites for hydroxylation is 1. The van der Waals surface area contributed by atoms with Gasteiger partial charge >= 0.3 is 0 Å². The Labute approximate surface area is 180 Å². The van der Waals surface area contributed by atoms with Gasteiger partial charge in [0.2, 0.25) is 5.88 Å². The molecule has 6 heteroatoms. The number of nitrogens with zero attached hydrogens (tertiary/aromatic N) is 3. The summed E-state index contributed by atoms with van der Waals surface area (Å²) >= 11 is 0. The topological polar surface area (TPSA) is 91.7 Å². The van der Waals surface area contributed by atoms with E-state index in [4.69, 9.17) is 4.74 Å². The molecule has 0 fully saturated rings. The molecule has 4 rings (SSSR count). The van der Waals surface area contributed by atoms with Gasteiger partial charge in [-0.15, -0.1) is 0 Å². The molecule has 0 spiro atoms. The first-order valence-electron chi connectivity index (χ1n) is 9.98. The normalized spacial score (nSPS) is 11.3. The monoisotopic (exact) mass is 410 g/mol. The van der Waals surface area contributed by atoms with Gasteiger partial charge in [-0.3, -0.25) is 4.79 Å². The Kier molecular flexibility index (Phi) is 5.26. The van der Waals surface area contributed by atoms with Gasteiger partial charge < -0.3 is 9.72 Å². The molecule has 2 heterocycles. The summed E-state index contributed by atoms with van der Waals surface area (Å²) in [5, 5.41) is 10.2. The van der Waals surface area contributed by atoms with Crippen LogP contribution in [-0.2, 0) is 11.8 Å². The first-order valence-corrected chi connectivity index (χ1v) is 9.98. The second kappa shape index (κ2) is 8.04. The summed E-state index contributed by atoms with van der Waals surface area (Å²) in [6.07, 6.45) is 3.46. The number of ketones is 1. The minimum absolute atomic E-state index is 0.0220. The van der Waals surface area contributed by atoms with E-state index in [-0.39, 0.29) is 12.2 Å². The quantitative estimate of drug-likeness (QED) is 0.436. The summed E-state index contributed by atoms with van der Waals surface area (Å²) in [6, 6.07) is 17.2. The summed E-state index contributed by atoms with van der Waals surface area (Å²) in [5.41, 5.74) is 3.31. The lowest BCUT2D eigenvalue weighted by molar-refractivity contribution is 0.0992. The van der Waals surface area contributed by atoms with Crippen molar-refractivity contribution in [1.29, 1.82) is 5.26 Å². The van der Waals surface area contributed by atoms with Crippen molar-refractivity contribution in [3.8, 4) is 17.7 Å². The average molecular weight is 410 g/mol. The minimum atomic E-state index is -0.606. The standard InChI is InChI=1S/C25H22N4O2/c1-16-7-8-18(13-22(16)31-24-20-9-10-27-23(20)28-15-29-24)21(30)12-17-5-4-6-19(11-17)25(2,3)14-26/h4-11,13,15H,12H2,1-3H3,(H,27,28,29). The fourth-order valence-corrected chi connectivity index (χ4v) is 3.34. The van der Waals surface area contributed by atoms with Gasteiger partial charge in [-0.2, -0.15) is 5.26 Å². The smallest absolute Gasteiger partial charge is 0.231 e. The van der Waals surface area contributed by atoms with Gasteiger partial charge in [0.25, 0.3) is 0 Å². The maximum Gasteiger partial charge on any atom is 0.231 e. The third kappa shape index (κ3) is 4.17. The highest BCUT2D eigenvalue weighted by molar-refractivity contribution is 5.98. The maximum atomic E-state index is 13.0. The van der Waals surface area contributed by atoms with Gasteiger partial charge in [0.15, 0.2) is 5.78 Å². The predicted molar refractivity (Wildman–Crippen MR) is 118 cm³/mol. The Balaban J connectivity index is 1.58. The molecule has 0 amide bonds. The summed E-state index contributed by atoms with van der Waals surface area (Å²) in [7, 11) is 0. The van der Waals surface area contributed by atoms with Gasteiger partial charge in [0.1, 0.15) is 17.7 Å². The molecule has 31 heavy (non-hydrogen) atoms. The zero-order chi connectivity index (χ0) is 22.0. The molecule has 0 atom stereocenters. The Morgan fingerprint density at radius 1 is 1.16 bits per heavy atom. The highest BCUT2D eigenvalue weighted by atomic mass is 16.5. The number of aromatic amines is 1. The van der Waals surface area contributed by atoms with Crippen LogP contribution < -0.4 is 4.74 Å². The number of Topliss-reactive ketones (excluding diaryl/α,β-unsaturated/α-hetero) is 1. The number of carbonyl (C=O) groups excluding carboxylic acids is 1. The van der Waals surface area contributed by atoms with Crippen molar-refractivity contribution in [2.45, 2.75) is 32.6 Å². The molecule has 1 N–H and O–H groups in total. The molecule has 0 aliphatic heterocycles. The number of fused-ring (bicyclic) bond motifs is 1. The number of nitrogens with one attached hydrogen (secondary N) is 1. The van der Waals surface area contributed by atoms with Crippen LogP contribution in [0.2, 0.25) is 0 Å². The van der Waals surface area contributed by atoms with E-state index in [2.05, 4.69) is 21.0 Å². The molecule has 4 aromatic rings. The minimum Gasteiger partial charge on any atom is -0.438 e. The number of aromatic nitrogens is 3. The number of carbonyl (C=O) groups is 1. The van der Waals surface area contributed by atoms with Crippen LogP contribution in [-0.4, -0.2) is 20.7 Å². The largest absolute Gasteiger partial charge is 0.438 e. The third-order valence-corrected chi connectivity index (χ3v) is 5.33. The first kappa shape index (κ1) is 20.3. The number of ether oxygens (including phenoxy) is 1. The van der Waals surface area contributed by atoms with Crippen LogP contribution in [0.3, 0.4) is 0 Å². The van der Waals surface area contributed by atoms with Crippen LogP contribution in [0.1, 0.15) is 40.9 Å².